The van der Waals surface area contributed by atoms with Crippen molar-refractivity contribution in [2.45, 2.75) is 32.6 Å². The molecule has 1 aromatic carbocycles. The highest BCUT2D eigenvalue weighted by Crippen LogP contribution is 2.34. The Hall–Kier alpha value is -1.42. The van der Waals surface area contributed by atoms with Gasteiger partial charge in [0.15, 0.2) is 5.75 Å². The van der Waals surface area contributed by atoms with Crippen LogP contribution in [0.2, 0.25) is 0 Å². The summed E-state index contributed by atoms with van der Waals surface area (Å²) in [7, 11) is 0.669. The molecule has 0 aromatic heterocycles. The normalized spacial score (nSPS) is 13.9. The maximum atomic E-state index is 5.47. The van der Waals surface area contributed by atoms with Gasteiger partial charge in [0.1, 0.15) is 0 Å². The summed E-state index contributed by atoms with van der Waals surface area (Å²) in [4.78, 5) is 5.45. The van der Waals surface area contributed by atoms with Crippen molar-refractivity contribution < 1.29 is 9.26 Å². The van der Waals surface area contributed by atoms with E-state index in [2.05, 4.69) is 18.5 Å². The summed E-state index contributed by atoms with van der Waals surface area (Å²) in [6.07, 6.45) is 4.71. The van der Waals surface area contributed by atoms with Crippen molar-refractivity contribution in [2.75, 3.05) is 0 Å². The number of benzene rings is 1. The fourth-order valence-electron chi connectivity index (χ4n) is 2.06. The van der Waals surface area contributed by atoms with Gasteiger partial charge in [0.25, 0.3) is 0 Å². The van der Waals surface area contributed by atoms with Crippen LogP contribution in [0.4, 0.5) is 0 Å². The van der Waals surface area contributed by atoms with Crippen LogP contribution in [-0.4, -0.2) is 10.5 Å². The predicted molar refractivity (Wildman–Crippen MR) is 72.3 cm³/mol. The molecular formula is C13H19NO2Si. The Kier molecular flexibility index (Phi) is 4.09. The Morgan fingerprint density at radius 1 is 1.29 bits per heavy atom. The molecule has 17 heavy (non-hydrogen) atoms. The number of rotatable bonds is 5. The molecule has 4 heteroatoms. The van der Waals surface area contributed by atoms with Crippen molar-refractivity contribution in [2.24, 2.45) is 0 Å². The van der Waals surface area contributed by atoms with Gasteiger partial charge in [-0.25, -0.2) is 0 Å². The van der Waals surface area contributed by atoms with Gasteiger partial charge in [-0.1, -0.05) is 38.0 Å². The summed E-state index contributed by atoms with van der Waals surface area (Å²) in [6, 6.07) is 8.10. The summed E-state index contributed by atoms with van der Waals surface area (Å²) in [5, 5.41) is 0. The van der Waals surface area contributed by atoms with Crippen LogP contribution in [0.5, 0.6) is 5.75 Å². The van der Waals surface area contributed by atoms with Gasteiger partial charge in [-0.3, -0.25) is 0 Å². The molecule has 1 aromatic rings. The molecule has 1 aliphatic rings. The fraction of sp³-hybridized carbons (Fsp3) is 0.385. The second-order valence-corrected chi connectivity index (χ2v) is 4.58. The van der Waals surface area contributed by atoms with Crippen LogP contribution in [0.1, 0.15) is 38.2 Å². The fourth-order valence-corrected chi connectivity index (χ4v) is 2.38. The Morgan fingerprint density at radius 3 is 2.88 bits per heavy atom. The number of nitrogens with one attached hydrogen (secondary N) is 1. The number of para-hydroxylation sites is 1. The van der Waals surface area contributed by atoms with Gasteiger partial charge in [-0.2, -0.15) is 5.48 Å². The van der Waals surface area contributed by atoms with E-state index in [1.165, 1.54) is 24.8 Å². The highest BCUT2D eigenvalue weighted by Gasteiger charge is 2.19. The first kappa shape index (κ1) is 12.0. The number of hydrogen-bond donors (Lipinski definition) is 1. The molecule has 0 radical (unpaired) electrons. The monoisotopic (exact) mass is 249 g/mol. The smallest absolute Gasteiger partial charge is 0.210 e. The quantitative estimate of drug-likeness (QED) is 0.640. The minimum atomic E-state index is 0.669. The van der Waals surface area contributed by atoms with Gasteiger partial charge in [-0.05, 0) is 18.9 Å². The topological polar surface area (TPSA) is 30.5 Å². The molecule has 0 aliphatic carbocycles. The number of hydroxylamine groups is 1. The maximum Gasteiger partial charge on any atom is 0.210 e. The standard InChI is InChI=1S/C13H19NO2Si/c1-2-3-4-8-11-10-7-5-6-9-12(10)15-14-13(11)16-17/h5-7,9,14H,2-4,8H2,1,17H3. The predicted octanol–water partition coefficient (Wildman–Crippen LogP) is 2.13. The molecule has 0 saturated carbocycles. The van der Waals surface area contributed by atoms with Crippen LogP contribution in [0.3, 0.4) is 0 Å². The molecule has 1 aliphatic heterocycles. The average molecular weight is 249 g/mol. The molecule has 0 bridgehead atoms. The molecule has 1 heterocycles. The zero-order chi connectivity index (χ0) is 12.1. The highest BCUT2D eigenvalue weighted by atomic mass is 28.2. The van der Waals surface area contributed by atoms with Gasteiger partial charge < -0.3 is 9.26 Å². The molecule has 0 saturated heterocycles. The number of unbranched alkanes of at least 4 members (excludes halogenated alkanes) is 2. The molecule has 0 spiro atoms. The molecule has 2 rings (SSSR count). The van der Waals surface area contributed by atoms with Crippen LogP contribution < -0.4 is 10.3 Å². The second-order valence-electron chi connectivity index (χ2n) is 4.17. The largest absolute Gasteiger partial charge is 0.540 e. The number of allylic oxidation sites excluding steroid dienone is 1. The lowest BCUT2D eigenvalue weighted by molar-refractivity contribution is 0.171. The maximum absolute atomic E-state index is 5.47. The van der Waals surface area contributed by atoms with E-state index in [1.807, 2.05) is 18.2 Å². The summed E-state index contributed by atoms with van der Waals surface area (Å²) in [6.45, 7) is 2.22. The van der Waals surface area contributed by atoms with E-state index in [-0.39, 0.29) is 0 Å². The van der Waals surface area contributed by atoms with Crippen LogP contribution in [0.25, 0.3) is 5.57 Å². The van der Waals surface area contributed by atoms with E-state index in [4.69, 9.17) is 9.26 Å². The van der Waals surface area contributed by atoms with E-state index in [9.17, 15) is 0 Å². The summed E-state index contributed by atoms with van der Waals surface area (Å²) >= 11 is 0. The van der Waals surface area contributed by atoms with Crippen molar-refractivity contribution in [3.05, 3.63) is 35.7 Å². The number of fused-ring (bicyclic) bond motifs is 1. The van der Waals surface area contributed by atoms with Gasteiger partial charge in [0, 0.05) is 11.1 Å². The van der Waals surface area contributed by atoms with Crippen molar-refractivity contribution in [1.29, 1.82) is 0 Å². The van der Waals surface area contributed by atoms with E-state index < -0.39 is 0 Å². The van der Waals surface area contributed by atoms with E-state index in [0.717, 1.165) is 23.6 Å². The molecule has 0 unspecified atom stereocenters. The molecule has 0 atom stereocenters. The first-order valence-corrected chi connectivity index (χ1v) is 6.98. The van der Waals surface area contributed by atoms with Crippen molar-refractivity contribution in [3.63, 3.8) is 0 Å². The van der Waals surface area contributed by atoms with Gasteiger partial charge >= 0.3 is 0 Å². The van der Waals surface area contributed by atoms with E-state index >= 15 is 0 Å². The minimum absolute atomic E-state index is 0.669. The third-order valence-electron chi connectivity index (χ3n) is 2.97. The first-order chi connectivity index (χ1) is 8.36. The molecular weight excluding hydrogens is 230 g/mol. The van der Waals surface area contributed by atoms with Gasteiger partial charge in [0.2, 0.25) is 16.4 Å². The van der Waals surface area contributed by atoms with Crippen LogP contribution in [-0.2, 0) is 4.43 Å². The van der Waals surface area contributed by atoms with Gasteiger partial charge in [0.05, 0.1) is 0 Å². The molecule has 3 nitrogen and oxygen atoms in total. The lowest BCUT2D eigenvalue weighted by Gasteiger charge is -2.23. The average Bonchev–Trinajstić information content (AvgIpc) is 2.39. The Balaban J connectivity index is 2.25. The van der Waals surface area contributed by atoms with Gasteiger partial charge in [-0.15, -0.1) is 0 Å². The van der Waals surface area contributed by atoms with Crippen LogP contribution in [0.15, 0.2) is 30.1 Å². The summed E-state index contributed by atoms with van der Waals surface area (Å²) in [5.74, 6) is 1.69. The van der Waals surface area contributed by atoms with Crippen LogP contribution in [0, 0.1) is 0 Å². The molecule has 0 amide bonds. The van der Waals surface area contributed by atoms with E-state index in [1.54, 1.807) is 0 Å². The number of hydrogen-bond acceptors (Lipinski definition) is 3. The summed E-state index contributed by atoms with van der Waals surface area (Å²) < 4.78 is 5.47. The minimum Gasteiger partial charge on any atom is -0.540 e. The van der Waals surface area contributed by atoms with Crippen LogP contribution >= 0.6 is 0 Å². The Morgan fingerprint density at radius 2 is 2.12 bits per heavy atom. The summed E-state index contributed by atoms with van der Waals surface area (Å²) in [5.41, 5.74) is 5.30. The third kappa shape index (κ3) is 2.64. The molecule has 1 N–H and O–H groups in total. The SMILES string of the molecule is CCCCCC1=C(O[SiH3])NOc2ccccc21. The lowest BCUT2D eigenvalue weighted by Crippen LogP contribution is -2.25. The van der Waals surface area contributed by atoms with Crippen molar-refractivity contribution in [1.82, 2.24) is 5.48 Å². The third-order valence-corrected chi connectivity index (χ3v) is 3.38. The zero-order valence-corrected chi connectivity index (χ0v) is 12.5. The highest BCUT2D eigenvalue weighted by molar-refractivity contribution is 5.99. The van der Waals surface area contributed by atoms with E-state index in [0.29, 0.717) is 10.5 Å². The van der Waals surface area contributed by atoms with Crippen molar-refractivity contribution >= 4 is 16.1 Å². The molecule has 0 fully saturated rings. The zero-order valence-electron chi connectivity index (χ0n) is 10.5. The van der Waals surface area contributed by atoms with Crippen molar-refractivity contribution in [3.8, 4) is 5.75 Å². The lowest BCUT2D eigenvalue weighted by atomic mass is 9.98. The second kappa shape index (κ2) is 5.77. The Bertz CT molecular complexity index is 418. The Labute approximate surface area is 105 Å². The molecule has 92 valence electrons. The first-order valence-electron chi connectivity index (χ1n) is 6.16.